The van der Waals surface area contributed by atoms with Crippen molar-refractivity contribution in [2.45, 2.75) is 435 Å². The maximum absolute atomic E-state index is 14.0. The fourth-order valence-electron chi connectivity index (χ4n) is 17.1. The molecule has 24 N–H and O–H groups in total. The van der Waals surface area contributed by atoms with Crippen LogP contribution in [0.1, 0.15) is 234 Å². The van der Waals surface area contributed by atoms with Crippen LogP contribution >= 0.6 is 0 Å². The number of carbonyl (C=O) groups is 6. The lowest BCUT2D eigenvalue weighted by molar-refractivity contribution is -0.408. The molecule has 34 atom stereocenters. The number of carboxylic acids is 2. The second-order valence-corrected chi connectivity index (χ2v) is 34.2. The third kappa shape index (κ3) is 31.7. The van der Waals surface area contributed by atoms with Crippen LogP contribution in [0.15, 0.2) is 0 Å². The smallest absolute Gasteiger partial charge is 0.364 e. The molecule has 3 amide bonds. The molecular weight excluding hydrogens is 1660 g/mol. The van der Waals surface area contributed by atoms with Gasteiger partial charge in [-0.1, -0.05) is 174 Å². The van der Waals surface area contributed by atoms with Crippen LogP contribution in [0.4, 0.5) is 0 Å². The molecule has 6 fully saturated rings. The van der Waals surface area contributed by atoms with Crippen molar-refractivity contribution >= 4 is 35.4 Å². The van der Waals surface area contributed by atoms with Gasteiger partial charge in [0.15, 0.2) is 25.2 Å². The van der Waals surface area contributed by atoms with Crippen molar-refractivity contribution in [3.8, 4) is 0 Å². The van der Waals surface area contributed by atoms with E-state index in [1.54, 1.807) is 0 Å². The number of rotatable bonds is 59. The summed E-state index contributed by atoms with van der Waals surface area (Å²) in [6, 6.07) is -4.68. The average Bonchev–Trinajstić information content (AvgIpc) is 0.750. The van der Waals surface area contributed by atoms with Crippen molar-refractivity contribution in [3.05, 3.63) is 0 Å². The van der Waals surface area contributed by atoms with E-state index in [-0.39, 0.29) is 18.7 Å². The molecule has 2 unspecified atom stereocenters. The number of aliphatic hydroxyl groups excluding tert-OH is 19. The van der Waals surface area contributed by atoms with Crippen molar-refractivity contribution in [2.75, 3.05) is 46.2 Å². The standard InChI is InChI=1S/C83H147N3O39/c1-6-8-10-12-14-16-18-20-22-24-26-28-30-32-49(96)48(86-58(101)33-31-29-27-25-23-21-19-17-15-13-11-9-7-2)43-114-77-66(107)65(106)70(56(41-91)117-77)120-79-68(109)75(125-83(81(112)113)36-51(98)60(85-46(5)95)73(123-83)62(103)53(100)38-88)71(57(42-92)118-79)121-76-47(34-44(3)93)69(63(104)54(39-89)115-76)119-78-67(108)74(64(105)55(40-90)116-78)124-82(80(110)111)35-50(97)59(84-45(4)94)72(122-82)61(102)52(99)37-87/h47-57,59-79,87-92,96-100,102-109H,6-43H2,1-5H3,(H,84,94)(H,85,95)(H,86,101)(H,110,111)(H,112,113)/t47-,48+,49-,50+,51+,52-,53-,54-,55-,56-,57-,59-,60-,61-,62-,63+,64+,65-,66-,67-,68-,69-,70-,71+,72?,73?,74+,75-,76+,77-,78+,79+,82+,83+/m1/s1. The number of hydrogen-bond acceptors (Lipinski definition) is 37. The summed E-state index contributed by atoms with van der Waals surface area (Å²) in [4.78, 5) is 79.7. The molecule has 6 heterocycles. The summed E-state index contributed by atoms with van der Waals surface area (Å²) in [6.07, 6.45) is -36.6. The molecule has 42 heteroatoms. The number of ether oxygens (including phenoxy) is 12. The third-order valence-electron chi connectivity index (χ3n) is 24.2. The quantitative estimate of drug-likeness (QED) is 0.0265. The maximum Gasteiger partial charge on any atom is 0.364 e. The summed E-state index contributed by atoms with van der Waals surface area (Å²) >= 11 is 0. The Balaban J connectivity index is 1.31. The monoisotopic (exact) mass is 1810 g/mol. The second-order valence-electron chi connectivity index (χ2n) is 34.2. The highest BCUT2D eigenvalue weighted by molar-refractivity contribution is 5.78. The summed E-state index contributed by atoms with van der Waals surface area (Å²) in [5, 5.41) is 245. The first-order chi connectivity index (χ1) is 59.6. The van der Waals surface area contributed by atoms with E-state index in [4.69, 9.17) is 56.8 Å². The number of aliphatic carboxylic acids is 2. The van der Waals surface area contributed by atoms with Gasteiger partial charge in [-0.15, -0.1) is 0 Å². The molecule has 0 aliphatic carbocycles. The number of carbonyl (C=O) groups excluding carboxylic acids is 4. The third-order valence-corrected chi connectivity index (χ3v) is 24.2. The lowest BCUT2D eigenvalue weighted by Gasteiger charge is -2.53. The Bertz CT molecular complexity index is 3110. The number of carboxylic acid groups (broad SMARTS) is 2. The number of nitrogens with one attached hydrogen (secondary N) is 3. The molecule has 0 saturated carbocycles. The minimum atomic E-state index is -3.48. The molecule has 6 aliphatic heterocycles. The van der Waals surface area contributed by atoms with Crippen LogP contribution < -0.4 is 16.0 Å². The van der Waals surface area contributed by atoms with E-state index < -0.39 is 302 Å². The first-order valence-electron chi connectivity index (χ1n) is 44.8. The van der Waals surface area contributed by atoms with Crippen LogP contribution in [0, 0.1) is 5.92 Å². The number of aliphatic hydroxyl groups is 19. The molecule has 0 aromatic rings. The molecule has 0 bridgehead atoms. The molecule has 0 spiro atoms. The first-order valence-corrected chi connectivity index (χ1v) is 44.8. The lowest BCUT2D eigenvalue weighted by atomic mass is 9.86. The Morgan fingerprint density at radius 3 is 1.19 bits per heavy atom. The highest BCUT2D eigenvalue weighted by atomic mass is 16.8. The summed E-state index contributed by atoms with van der Waals surface area (Å²) in [5.41, 5.74) is 0. The molecule has 728 valence electrons. The van der Waals surface area contributed by atoms with Gasteiger partial charge in [-0.05, 0) is 19.8 Å². The van der Waals surface area contributed by atoms with Crippen molar-refractivity contribution in [1.29, 1.82) is 0 Å². The predicted octanol–water partition coefficient (Wildman–Crippen LogP) is -3.33. The molecule has 6 rings (SSSR count). The van der Waals surface area contributed by atoms with E-state index in [1.165, 1.54) is 89.9 Å². The van der Waals surface area contributed by atoms with E-state index in [2.05, 4.69) is 29.8 Å². The van der Waals surface area contributed by atoms with Gasteiger partial charge in [-0.25, -0.2) is 9.59 Å². The maximum atomic E-state index is 14.0. The van der Waals surface area contributed by atoms with Gasteiger partial charge in [0, 0.05) is 45.4 Å². The average molecular weight is 1810 g/mol. The zero-order chi connectivity index (χ0) is 92.4. The van der Waals surface area contributed by atoms with Crippen LogP contribution in [0.25, 0.3) is 0 Å². The number of ketones is 1. The van der Waals surface area contributed by atoms with E-state index in [0.717, 1.165) is 85.0 Å². The molecular formula is C83H147N3O39. The van der Waals surface area contributed by atoms with Gasteiger partial charge in [-0.3, -0.25) is 14.4 Å². The Morgan fingerprint density at radius 2 is 0.776 bits per heavy atom. The molecule has 42 nitrogen and oxygen atoms in total. The largest absolute Gasteiger partial charge is 0.477 e. The van der Waals surface area contributed by atoms with Gasteiger partial charge in [0.2, 0.25) is 17.7 Å². The summed E-state index contributed by atoms with van der Waals surface area (Å²) in [5.74, 6) is -16.0. The van der Waals surface area contributed by atoms with Gasteiger partial charge in [-0.2, -0.15) is 0 Å². The summed E-state index contributed by atoms with van der Waals surface area (Å²) in [7, 11) is 0. The Kier molecular flexibility index (Phi) is 48.5. The Hall–Kier alpha value is -4.22. The number of Topliss-reactive ketones (excluding diaryl/α,β-unsaturated/α-hetero) is 1. The van der Waals surface area contributed by atoms with Gasteiger partial charge < -0.3 is 185 Å². The minimum absolute atomic E-state index is 0.122. The van der Waals surface area contributed by atoms with Crippen molar-refractivity contribution < 1.29 is 193 Å². The van der Waals surface area contributed by atoms with E-state index in [9.17, 15) is 136 Å². The molecule has 0 aromatic heterocycles. The molecule has 6 saturated heterocycles. The van der Waals surface area contributed by atoms with Crippen molar-refractivity contribution in [3.63, 3.8) is 0 Å². The van der Waals surface area contributed by atoms with Crippen LogP contribution in [0.3, 0.4) is 0 Å². The summed E-state index contributed by atoms with van der Waals surface area (Å²) < 4.78 is 72.7. The molecule has 0 radical (unpaired) electrons. The van der Waals surface area contributed by atoms with Crippen LogP contribution in [0.2, 0.25) is 0 Å². The highest BCUT2D eigenvalue weighted by Crippen LogP contribution is 2.44. The second kappa shape index (κ2) is 55.3. The van der Waals surface area contributed by atoms with Crippen LogP contribution in [0.5, 0.6) is 0 Å². The topological polar surface area (TPSA) is 674 Å². The van der Waals surface area contributed by atoms with E-state index in [0.29, 0.717) is 12.8 Å². The van der Waals surface area contributed by atoms with Gasteiger partial charge in [0.1, 0.15) is 128 Å². The molecule has 6 aliphatic rings. The number of hydrogen-bond donors (Lipinski definition) is 24. The fraction of sp³-hybridized carbons (Fsp3) is 0.928. The Morgan fingerprint density at radius 1 is 0.408 bits per heavy atom. The van der Waals surface area contributed by atoms with Crippen molar-refractivity contribution in [1.82, 2.24) is 16.0 Å². The van der Waals surface area contributed by atoms with E-state index in [1.807, 2.05) is 0 Å². The predicted molar refractivity (Wildman–Crippen MR) is 432 cm³/mol. The summed E-state index contributed by atoms with van der Waals surface area (Å²) in [6.45, 7) is -0.562. The van der Waals surface area contributed by atoms with Crippen molar-refractivity contribution in [2.24, 2.45) is 5.92 Å². The Labute approximate surface area is 728 Å². The van der Waals surface area contributed by atoms with Crippen LogP contribution in [-0.2, 0) is 85.6 Å². The SMILES string of the molecule is CCCCCCCCCCCCCCCC(=O)N[C@@H](CO[C@@H]1O[C@H](CO)[C@@H](O[C@@H]2O[C@H](CO)[C@H](O[C@@H]3O[C@H](CO)[C@H](O)[C@H](O[C@@H]4O[C@H](CO)[C@H](O)[C@H](O[C@]5(C(=O)O)C[C@H](O)[C@@H](NC(C)=O)C([C@H](O)[C@H](O)CO)O5)[C@H]4O)[C@H]3CC(C)=O)[C@H](O[C@]3(C(=O)O)C[C@H](O)[C@@H](NC(C)=O)C([C@H](O)[C@H](O)CO)O3)[C@H]2O)[C@H](O)[C@H]1O)[C@H](O)CCCCCCCCCCCCCCC. The zero-order valence-electron chi connectivity index (χ0n) is 72.6. The van der Waals surface area contributed by atoms with Gasteiger partial charge in [0.05, 0.1) is 88.8 Å². The van der Waals surface area contributed by atoms with Crippen LogP contribution in [-0.4, -0.2) is 390 Å². The highest BCUT2D eigenvalue weighted by Gasteiger charge is 2.64. The molecule has 125 heavy (non-hydrogen) atoms. The van der Waals surface area contributed by atoms with Gasteiger partial charge in [0.25, 0.3) is 11.6 Å². The first kappa shape index (κ1) is 110. The van der Waals surface area contributed by atoms with E-state index >= 15 is 0 Å². The number of unbranched alkanes of at least 4 members (excludes halogenated alkanes) is 24. The normalized spacial score (nSPS) is 35.5. The fourth-order valence-corrected chi connectivity index (χ4v) is 17.1. The lowest BCUT2D eigenvalue weighted by Crippen LogP contribution is -2.71. The van der Waals surface area contributed by atoms with Gasteiger partial charge >= 0.3 is 11.9 Å². The molecule has 0 aromatic carbocycles. The number of amides is 3. The minimum Gasteiger partial charge on any atom is -0.477 e. The zero-order valence-corrected chi connectivity index (χ0v) is 72.6.